The van der Waals surface area contributed by atoms with Crippen molar-refractivity contribution in [1.29, 1.82) is 0 Å². The van der Waals surface area contributed by atoms with Crippen LogP contribution in [0.1, 0.15) is 5.56 Å². The first-order valence-corrected chi connectivity index (χ1v) is 7.86. The summed E-state index contributed by atoms with van der Waals surface area (Å²) in [5.41, 5.74) is 1.22. The van der Waals surface area contributed by atoms with Gasteiger partial charge in [-0.15, -0.1) is 11.3 Å². The maximum absolute atomic E-state index is 5.89. The van der Waals surface area contributed by atoms with E-state index in [1.807, 2.05) is 18.2 Å². The van der Waals surface area contributed by atoms with Gasteiger partial charge in [-0.2, -0.15) is 0 Å². The molecule has 1 aromatic heterocycles. The van der Waals surface area contributed by atoms with Crippen molar-refractivity contribution in [3.8, 4) is 11.5 Å². The molecule has 0 amide bonds. The van der Waals surface area contributed by atoms with Crippen LogP contribution in [-0.2, 0) is 6.61 Å². The summed E-state index contributed by atoms with van der Waals surface area (Å²) < 4.78 is 13.3. The molecule has 0 saturated heterocycles. The monoisotopic (exact) mass is 348 g/mol. The van der Waals surface area contributed by atoms with E-state index in [4.69, 9.17) is 9.47 Å². The molecule has 1 heterocycles. The number of thiophene rings is 1. The summed E-state index contributed by atoms with van der Waals surface area (Å²) in [5.74, 6) is 1.63. The highest BCUT2D eigenvalue weighted by Crippen LogP contribution is 2.31. The van der Waals surface area contributed by atoms with E-state index in [0.717, 1.165) is 16.0 Å². The molecule has 4 heteroatoms. The van der Waals surface area contributed by atoms with E-state index >= 15 is 0 Å². The van der Waals surface area contributed by atoms with Gasteiger partial charge in [0.2, 0.25) is 0 Å². The second-order valence-electron chi connectivity index (χ2n) is 4.34. The van der Waals surface area contributed by atoms with Crippen molar-refractivity contribution in [1.82, 2.24) is 0 Å². The summed E-state index contributed by atoms with van der Waals surface area (Å²) >= 11 is 5.25. The smallest absolute Gasteiger partial charge is 0.134 e. The van der Waals surface area contributed by atoms with Crippen molar-refractivity contribution in [2.75, 3.05) is 7.11 Å². The minimum atomic E-state index is 0.564. The third-order valence-electron chi connectivity index (χ3n) is 3.08. The van der Waals surface area contributed by atoms with Gasteiger partial charge in [0.05, 0.1) is 11.6 Å². The topological polar surface area (TPSA) is 18.5 Å². The molecule has 0 aliphatic rings. The highest BCUT2D eigenvalue weighted by atomic mass is 79.9. The van der Waals surface area contributed by atoms with Crippen LogP contribution in [0.25, 0.3) is 10.1 Å². The molecule has 3 aromatic rings. The molecule has 0 bridgehead atoms. The standard InChI is InChI=1S/C16H13BrO2S/c1-18-12-6-7-15(14(17)8-12)19-9-11-10-20-16-5-3-2-4-13(11)16/h2-8,10H,9H2,1H3. The molecular formula is C16H13BrO2S. The first-order chi connectivity index (χ1) is 9.78. The summed E-state index contributed by atoms with van der Waals surface area (Å²) in [6, 6.07) is 14.1. The van der Waals surface area contributed by atoms with Crippen LogP contribution >= 0.6 is 27.3 Å². The Bertz CT molecular complexity index is 736. The normalized spacial score (nSPS) is 10.7. The van der Waals surface area contributed by atoms with E-state index < -0.39 is 0 Å². The summed E-state index contributed by atoms with van der Waals surface area (Å²) in [6.45, 7) is 0.564. The number of fused-ring (bicyclic) bond motifs is 1. The summed E-state index contributed by atoms with van der Waals surface area (Å²) in [4.78, 5) is 0. The summed E-state index contributed by atoms with van der Waals surface area (Å²) in [5, 5.41) is 3.42. The third-order valence-corrected chi connectivity index (χ3v) is 4.72. The van der Waals surface area contributed by atoms with Gasteiger partial charge >= 0.3 is 0 Å². The molecule has 0 aliphatic carbocycles. The predicted molar refractivity (Wildman–Crippen MR) is 86.9 cm³/mol. The van der Waals surface area contributed by atoms with Gasteiger partial charge in [-0.3, -0.25) is 0 Å². The van der Waals surface area contributed by atoms with Crippen molar-refractivity contribution in [3.05, 3.63) is 57.9 Å². The lowest BCUT2D eigenvalue weighted by atomic mass is 10.2. The SMILES string of the molecule is COc1ccc(OCc2csc3ccccc23)c(Br)c1. The molecule has 102 valence electrons. The molecule has 0 saturated carbocycles. The van der Waals surface area contributed by atoms with Crippen LogP contribution in [0.15, 0.2) is 52.3 Å². The van der Waals surface area contributed by atoms with Gasteiger partial charge in [0.15, 0.2) is 0 Å². The molecule has 0 radical (unpaired) electrons. The number of benzene rings is 2. The first kappa shape index (κ1) is 13.5. The second kappa shape index (κ2) is 5.85. The second-order valence-corrected chi connectivity index (χ2v) is 6.11. The van der Waals surface area contributed by atoms with E-state index in [9.17, 15) is 0 Å². The van der Waals surface area contributed by atoms with Gasteiger partial charge in [0, 0.05) is 10.3 Å². The van der Waals surface area contributed by atoms with Crippen molar-refractivity contribution in [2.24, 2.45) is 0 Å². The molecule has 20 heavy (non-hydrogen) atoms. The van der Waals surface area contributed by atoms with E-state index in [1.54, 1.807) is 18.4 Å². The maximum atomic E-state index is 5.89. The maximum Gasteiger partial charge on any atom is 0.134 e. The van der Waals surface area contributed by atoms with E-state index in [0.29, 0.717) is 6.61 Å². The number of rotatable bonds is 4. The Morgan fingerprint density at radius 3 is 2.80 bits per heavy atom. The molecule has 0 spiro atoms. The van der Waals surface area contributed by atoms with Crippen LogP contribution in [0, 0.1) is 0 Å². The van der Waals surface area contributed by atoms with Crippen LogP contribution in [0.2, 0.25) is 0 Å². The lowest BCUT2D eigenvalue weighted by Gasteiger charge is -2.09. The van der Waals surface area contributed by atoms with Crippen molar-refractivity contribution < 1.29 is 9.47 Å². The van der Waals surface area contributed by atoms with Gasteiger partial charge in [-0.1, -0.05) is 18.2 Å². The van der Waals surface area contributed by atoms with Crippen LogP contribution < -0.4 is 9.47 Å². The molecule has 2 aromatic carbocycles. The zero-order chi connectivity index (χ0) is 13.9. The lowest BCUT2D eigenvalue weighted by Crippen LogP contribution is -1.95. The average Bonchev–Trinajstić information content (AvgIpc) is 2.89. The van der Waals surface area contributed by atoms with Gasteiger partial charge in [-0.05, 0) is 51.0 Å². The molecule has 0 fully saturated rings. The number of halogens is 1. The third kappa shape index (κ3) is 2.67. The molecule has 0 N–H and O–H groups in total. The Morgan fingerprint density at radius 2 is 2.00 bits per heavy atom. The Kier molecular flexibility index (Phi) is 3.94. The molecular weight excluding hydrogens is 336 g/mol. The minimum Gasteiger partial charge on any atom is -0.497 e. The molecule has 3 rings (SSSR count). The van der Waals surface area contributed by atoms with Gasteiger partial charge < -0.3 is 9.47 Å². The Hall–Kier alpha value is -1.52. The zero-order valence-electron chi connectivity index (χ0n) is 10.9. The van der Waals surface area contributed by atoms with Gasteiger partial charge in [-0.25, -0.2) is 0 Å². The lowest BCUT2D eigenvalue weighted by molar-refractivity contribution is 0.305. The van der Waals surface area contributed by atoms with E-state index in [2.05, 4.69) is 45.6 Å². The van der Waals surface area contributed by atoms with Crippen molar-refractivity contribution >= 4 is 37.4 Å². The number of methoxy groups -OCH3 is 1. The number of hydrogen-bond donors (Lipinski definition) is 0. The van der Waals surface area contributed by atoms with Crippen LogP contribution in [0.5, 0.6) is 11.5 Å². The van der Waals surface area contributed by atoms with Gasteiger partial charge in [0.1, 0.15) is 18.1 Å². The van der Waals surface area contributed by atoms with E-state index in [-0.39, 0.29) is 0 Å². The molecule has 2 nitrogen and oxygen atoms in total. The first-order valence-electron chi connectivity index (χ1n) is 6.19. The number of ether oxygens (including phenoxy) is 2. The van der Waals surface area contributed by atoms with Crippen LogP contribution in [0.4, 0.5) is 0 Å². The molecule has 0 aliphatic heterocycles. The minimum absolute atomic E-state index is 0.564. The van der Waals surface area contributed by atoms with Crippen LogP contribution in [-0.4, -0.2) is 7.11 Å². The average molecular weight is 349 g/mol. The fourth-order valence-corrected chi connectivity index (χ4v) is 3.45. The highest BCUT2D eigenvalue weighted by molar-refractivity contribution is 9.10. The summed E-state index contributed by atoms with van der Waals surface area (Å²) in [7, 11) is 1.65. The molecule has 0 unspecified atom stereocenters. The zero-order valence-corrected chi connectivity index (χ0v) is 13.3. The highest BCUT2D eigenvalue weighted by Gasteiger charge is 2.07. The Labute approximate surface area is 130 Å². The quantitative estimate of drug-likeness (QED) is 0.640. The van der Waals surface area contributed by atoms with Crippen molar-refractivity contribution in [2.45, 2.75) is 6.61 Å². The fourth-order valence-electron chi connectivity index (χ4n) is 2.03. The van der Waals surface area contributed by atoms with Crippen molar-refractivity contribution in [3.63, 3.8) is 0 Å². The fraction of sp³-hybridized carbons (Fsp3) is 0.125. The van der Waals surface area contributed by atoms with Crippen LogP contribution in [0.3, 0.4) is 0 Å². The van der Waals surface area contributed by atoms with Gasteiger partial charge in [0.25, 0.3) is 0 Å². The van der Waals surface area contributed by atoms with E-state index in [1.165, 1.54) is 15.6 Å². The predicted octanol–water partition coefficient (Wildman–Crippen LogP) is 5.25. The Balaban J connectivity index is 1.79. The summed E-state index contributed by atoms with van der Waals surface area (Å²) in [6.07, 6.45) is 0. The Morgan fingerprint density at radius 1 is 1.15 bits per heavy atom. The number of hydrogen-bond acceptors (Lipinski definition) is 3. The molecule has 0 atom stereocenters. The largest absolute Gasteiger partial charge is 0.497 e.